The Balaban J connectivity index is 2.42. The van der Waals surface area contributed by atoms with Crippen LogP contribution in [0, 0.1) is 17.3 Å². The Kier molecular flexibility index (Phi) is 2.05. The molecule has 0 radical (unpaired) electrons. The zero-order chi connectivity index (χ0) is 10.6. The largest absolute Gasteiger partial charge is 0.287 e. The van der Waals surface area contributed by atoms with E-state index in [0.717, 1.165) is 23.8 Å². The SMILES string of the molecule is CC1(C)/C(=C\S(=O)(=O)O)C2CCC1C2. The summed E-state index contributed by atoms with van der Waals surface area (Å²) in [5.74, 6) is 0.984. The predicted molar refractivity (Wildman–Crippen MR) is 54.2 cm³/mol. The molecule has 0 aromatic carbocycles. The Bertz CT molecular complexity index is 378. The second kappa shape index (κ2) is 2.83. The van der Waals surface area contributed by atoms with Gasteiger partial charge in [-0.25, -0.2) is 0 Å². The molecule has 2 atom stereocenters. The molecular weight excluding hydrogens is 200 g/mol. The summed E-state index contributed by atoms with van der Waals surface area (Å²) in [4.78, 5) is 0. The molecule has 4 heteroatoms. The van der Waals surface area contributed by atoms with E-state index in [9.17, 15) is 8.42 Å². The van der Waals surface area contributed by atoms with Gasteiger partial charge in [0, 0.05) is 0 Å². The lowest BCUT2D eigenvalue weighted by atomic mass is 9.73. The number of fused-ring (bicyclic) bond motifs is 2. The molecule has 0 saturated heterocycles. The van der Waals surface area contributed by atoms with Crippen molar-refractivity contribution >= 4 is 10.1 Å². The molecule has 2 rings (SSSR count). The van der Waals surface area contributed by atoms with E-state index >= 15 is 0 Å². The Morgan fingerprint density at radius 2 is 2.07 bits per heavy atom. The summed E-state index contributed by atoms with van der Waals surface area (Å²) in [6.07, 6.45) is 3.37. The van der Waals surface area contributed by atoms with E-state index < -0.39 is 10.1 Å². The Labute approximate surface area is 85.0 Å². The van der Waals surface area contributed by atoms with Gasteiger partial charge in [-0.15, -0.1) is 0 Å². The van der Waals surface area contributed by atoms with Crippen molar-refractivity contribution in [3.8, 4) is 0 Å². The topological polar surface area (TPSA) is 54.4 Å². The molecule has 3 nitrogen and oxygen atoms in total. The van der Waals surface area contributed by atoms with Crippen LogP contribution in [0.25, 0.3) is 0 Å². The Morgan fingerprint density at radius 3 is 2.50 bits per heavy atom. The maximum atomic E-state index is 10.8. The van der Waals surface area contributed by atoms with Gasteiger partial charge >= 0.3 is 0 Å². The van der Waals surface area contributed by atoms with Gasteiger partial charge in [0.2, 0.25) is 0 Å². The highest BCUT2D eigenvalue weighted by atomic mass is 32.2. The average molecular weight is 216 g/mol. The van der Waals surface area contributed by atoms with E-state index in [4.69, 9.17) is 4.55 Å². The van der Waals surface area contributed by atoms with Crippen LogP contribution in [0.2, 0.25) is 0 Å². The van der Waals surface area contributed by atoms with Crippen molar-refractivity contribution in [1.29, 1.82) is 0 Å². The van der Waals surface area contributed by atoms with Crippen molar-refractivity contribution < 1.29 is 13.0 Å². The van der Waals surface area contributed by atoms with Crippen LogP contribution in [0.15, 0.2) is 11.0 Å². The van der Waals surface area contributed by atoms with Gasteiger partial charge in [-0.2, -0.15) is 8.42 Å². The van der Waals surface area contributed by atoms with Crippen LogP contribution < -0.4 is 0 Å². The van der Waals surface area contributed by atoms with Crippen molar-refractivity contribution in [1.82, 2.24) is 0 Å². The van der Waals surface area contributed by atoms with Crippen LogP contribution in [0.3, 0.4) is 0 Å². The summed E-state index contributed by atoms with van der Waals surface area (Å²) in [7, 11) is -3.96. The smallest absolute Gasteiger partial charge is 0.282 e. The van der Waals surface area contributed by atoms with E-state index in [1.165, 1.54) is 6.42 Å². The molecule has 0 spiro atoms. The average Bonchev–Trinajstić information content (AvgIpc) is 2.51. The minimum atomic E-state index is -3.96. The summed E-state index contributed by atoms with van der Waals surface area (Å²) in [5.41, 5.74) is 0.884. The van der Waals surface area contributed by atoms with Gasteiger partial charge in [-0.05, 0) is 42.1 Å². The van der Waals surface area contributed by atoms with Crippen molar-refractivity contribution in [2.24, 2.45) is 17.3 Å². The molecule has 2 aliphatic carbocycles. The molecule has 2 fully saturated rings. The minimum absolute atomic E-state index is 0.0429. The van der Waals surface area contributed by atoms with Crippen molar-refractivity contribution in [2.45, 2.75) is 33.1 Å². The first-order valence-corrected chi connectivity index (χ1v) is 6.50. The molecule has 2 unspecified atom stereocenters. The number of rotatable bonds is 1. The molecule has 2 saturated carbocycles. The van der Waals surface area contributed by atoms with Crippen LogP contribution in [0.5, 0.6) is 0 Å². The third-order valence-corrected chi connectivity index (χ3v) is 4.46. The molecule has 14 heavy (non-hydrogen) atoms. The van der Waals surface area contributed by atoms with Crippen molar-refractivity contribution in [3.05, 3.63) is 11.0 Å². The lowest BCUT2D eigenvalue weighted by molar-refractivity contribution is 0.288. The minimum Gasteiger partial charge on any atom is -0.282 e. The van der Waals surface area contributed by atoms with Gasteiger partial charge in [-0.1, -0.05) is 13.8 Å². The van der Waals surface area contributed by atoms with Gasteiger partial charge in [0.25, 0.3) is 10.1 Å². The summed E-state index contributed by atoms with van der Waals surface area (Å²) in [6, 6.07) is 0. The van der Waals surface area contributed by atoms with Gasteiger partial charge in [0.05, 0.1) is 5.41 Å². The van der Waals surface area contributed by atoms with E-state index in [0.29, 0.717) is 11.8 Å². The Morgan fingerprint density at radius 1 is 1.43 bits per heavy atom. The van der Waals surface area contributed by atoms with Gasteiger partial charge in [0.1, 0.15) is 0 Å². The fourth-order valence-electron chi connectivity index (χ4n) is 3.09. The first-order valence-electron chi connectivity index (χ1n) is 5.00. The highest BCUT2D eigenvalue weighted by Gasteiger charge is 2.49. The summed E-state index contributed by atoms with van der Waals surface area (Å²) >= 11 is 0. The fourth-order valence-corrected chi connectivity index (χ4v) is 3.91. The standard InChI is InChI=1S/C10H16O3S/c1-10(2)8-4-3-7(5-8)9(10)6-14(11,12)13/h6-8H,3-5H2,1-2H3,(H,11,12,13)/b9-6-. The third-order valence-electron chi connectivity index (χ3n) is 3.91. The first-order chi connectivity index (χ1) is 6.31. The molecule has 80 valence electrons. The highest BCUT2D eigenvalue weighted by Crippen LogP contribution is 2.59. The normalized spacial score (nSPS) is 38.1. The lowest BCUT2D eigenvalue weighted by Crippen LogP contribution is -2.23. The number of allylic oxidation sites excluding steroid dienone is 1. The lowest BCUT2D eigenvalue weighted by Gasteiger charge is -2.32. The van der Waals surface area contributed by atoms with Crippen LogP contribution >= 0.6 is 0 Å². The van der Waals surface area contributed by atoms with E-state index in [2.05, 4.69) is 13.8 Å². The van der Waals surface area contributed by atoms with Crippen LogP contribution in [-0.4, -0.2) is 13.0 Å². The van der Waals surface area contributed by atoms with Crippen molar-refractivity contribution in [3.63, 3.8) is 0 Å². The zero-order valence-electron chi connectivity index (χ0n) is 8.53. The monoisotopic (exact) mass is 216 g/mol. The molecule has 0 aromatic rings. The molecular formula is C10H16O3S. The fraction of sp³-hybridized carbons (Fsp3) is 0.800. The van der Waals surface area contributed by atoms with Gasteiger partial charge in [0.15, 0.2) is 0 Å². The molecule has 0 aliphatic heterocycles. The van der Waals surface area contributed by atoms with E-state index in [-0.39, 0.29) is 5.41 Å². The molecule has 0 heterocycles. The quantitative estimate of drug-likeness (QED) is 0.684. The first kappa shape index (κ1) is 10.2. The molecule has 2 aliphatic rings. The van der Waals surface area contributed by atoms with Crippen molar-refractivity contribution in [2.75, 3.05) is 0 Å². The summed E-state index contributed by atoms with van der Waals surface area (Å²) in [5, 5.41) is 1.08. The van der Waals surface area contributed by atoms with Crippen LogP contribution in [0.4, 0.5) is 0 Å². The van der Waals surface area contributed by atoms with Crippen LogP contribution in [-0.2, 0) is 10.1 Å². The summed E-state index contributed by atoms with van der Waals surface area (Å²) < 4.78 is 30.5. The molecule has 0 aromatic heterocycles. The second-order valence-corrected chi connectivity index (χ2v) is 6.28. The Hall–Kier alpha value is -0.350. The van der Waals surface area contributed by atoms with E-state index in [1.807, 2.05) is 0 Å². The van der Waals surface area contributed by atoms with Gasteiger partial charge < -0.3 is 0 Å². The molecule has 1 N–H and O–H groups in total. The second-order valence-electron chi connectivity index (χ2n) is 5.02. The summed E-state index contributed by atoms with van der Waals surface area (Å²) in [6.45, 7) is 4.15. The van der Waals surface area contributed by atoms with Crippen LogP contribution in [0.1, 0.15) is 33.1 Å². The number of hydrogen-bond donors (Lipinski definition) is 1. The highest BCUT2D eigenvalue weighted by molar-refractivity contribution is 7.88. The predicted octanol–water partition coefficient (Wildman–Crippen LogP) is 2.21. The molecule has 0 amide bonds. The third kappa shape index (κ3) is 1.50. The zero-order valence-corrected chi connectivity index (χ0v) is 9.34. The number of hydrogen-bond acceptors (Lipinski definition) is 2. The maximum absolute atomic E-state index is 10.8. The molecule has 2 bridgehead atoms. The van der Waals surface area contributed by atoms with Gasteiger partial charge in [-0.3, -0.25) is 4.55 Å². The van der Waals surface area contributed by atoms with E-state index in [1.54, 1.807) is 0 Å². The maximum Gasteiger partial charge on any atom is 0.287 e.